The van der Waals surface area contributed by atoms with E-state index in [0.29, 0.717) is 5.92 Å². The molecule has 2 aromatic rings. The van der Waals surface area contributed by atoms with Gasteiger partial charge < -0.3 is 5.73 Å². The lowest BCUT2D eigenvalue weighted by molar-refractivity contribution is 0.475. The summed E-state index contributed by atoms with van der Waals surface area (Å²) in [4.78, 5) is 0. The Bertz CT molecular complexity index is 615. The number of halogens is 1. The number of aryl methyl sites for hydroxylation is 2. The van der Waals surface area contributed by atoms with E-state index in [9.17, 15) is 4.39 Å². The molecular formula is C19H22FN. The normalized spacial score (nSPS) is 19.1. The Morgan fingerprint density at radius 3 is 2.86 bits per heavy atom. The minimum absolute atomic E-state index is 0.101. The van der Waals surface area contributed by atoms with Gasteiger partial charge >= 0.3 is 0 Å². The second-order valence-electron chi connectivity index (χ2n) is 6.19. The third-order valence-electron chi connectivity index (χ3n) is 4.52. The van der Waals surface area contributed by atoms with E-state index in [1.54, 1.807) is 12.1 Å². The Morgan fingerprint density at radius 1 is 1.24 bits per heavy atom. The fourth-order valence-electron chi connectivity index (χ4n) is 3.52. The highest BCUT2D eigenvalue weighted by atomic mass is 19.1. The molecule has 1 aliphatic rings. The Kier molecular flexibility index (Phi) is 4.07. The third-order valence-corrected chi connectivity index (χ3v) is 4.52. The quantitative estimate of drug-likeness (QED) is 0.872. The molecule has 0 saturated carbocycles. The Balaban J connectivity index is 1.81. The largest absolute Gasteiger partial charge is 0.324 e. The number of rotatable bonds is 3. The van der Waals surface area contributed by atoms with Crippen molar-refractivity contribution in [1.29, 1.82) is 0 Å². The minimum Gasteiger partial charge on any atom is -0.324 e. The molecule has 1 aliphatic carbocycles. The average molecular weight is 283 g/mol. The van der Waals surface area contributed by atoms with Gasteiger partial charge in [-0.15, -0.1) is 0 Å². The van der Waals surface area contributed by atoms with Crippen LogP contribution in [0.25, 0.3) is 0 Å². The van der Waals surface area contributed by atoms with Gasteiger partial charge in [-0.1, -0.05) is 30.3 Å². The van der Waals surface area contributed by atoms with Gasteiger partial charge in [-0.2, -0.15) is 0 Å². The topological polar surface area (TPSA) is 26.0 Å². The molecule has 110 valence electrons. The van der Waals surface area contributed by atoms with Crippen LogP contribution in [-0.2, 0) is 6.42 Å². The van der Waals surface area contributed by atoms with Crippen LogP contribution >= 0.6 is 0 Å². The van der Waals surface area contributed by atoms with Crippen molar-refractivity contribution in [2.24, 2.45) is 5.73 Å². The van der Waals surface area contributed by atoms with Crippen LogP contribution in [0, 0.1) is 12.7 Å². The monoisotopic (exact) mass is 283 g/mol. The summed E-state index contributed by atoms with van der Waals surface area (Å²) < 4.78 is 13.6. The number of fused-ring (bicyclic) bond motifs is 1. The minimum atomic E-state index is -0.190. The van der Waals surface area contributed by atoms with Crippen LogP contribution in [0.2, 0.25) is 0 Å². The maximum absolute atomic E-state index is 13.6. The van der Waals surface area contributed by atoms with Crippen LogP contribution < -0.4 is 5.73 Å². The van der Waals surface area contributed by atoms with E-state index in [-0.39, 0.29) is 11.9 Å². The first-order valence-corrected chi connectivity index (χ1v) is 7.74. The van der Waals surface area contributed by atoms with Crippen LogP contribution in [-0.4, -0.2) is 0 Å². The van der Waals surface area contributed by atoms with Gasteiger partial charge in [0, 0.05) is 6.04 Å². The molecule has 0 aromatic heterocycles. The van der Waals surface area contributed by atoms with Crippen molar-refractivity contribution < 1.29 is 4.39 Å². The highest BCUT2D eigenvalue weighted by Crippen LogP contribution is 2.37. The van der Waals surface area contributed by atoms with Gasteiger partial charge in [-0.05, 0) is 72.9 Å². The molecule has 0 amide bonds. The van der Waals surface area contributed by atoms with Crippen molar-refractivity contribution in [1.82, 2.24) is 0 Å². The molecule has 0 heterocycles. The zero-order chi connectivity index (χ0) is 14.8. The first kappa shape index (κ1) is 14.3. The van der Waals surface area contributed by atoms with Crippen LogP contribution in [0.3, 0.4) is 0 Å². The van der Waals surface area contributed by atoms with Crippen LogP contribution in [0.5, 0.6) is 0 Å². The van der Waals surface area contributed by atoms with Gasteiger partial charge in [0.2, 0.25) is 0 Å². The summed E-state index contributed by atoms with van der Waals surface area (Å²) in [6, 6.07) is 13.7. The second-order valence-corrected chi connectivity index (χ2v) is 6.19. The van der Waals surface area contributed by atoms with Crippen molar-refractivity contribution >= 4 is 0 Å². The molecule has 0 saturated heterocycles. The summed E-state index contributed by atoms with van der Waals surface area (Å²) in [7, 11) is 0. The summed E-state index contributed by atoms with van der Waals surface area (Å²) in [6.07, 6.45) is 4.45. The number of benzene rings is 2. The molecule has 0 aliphatic heterocycles. The van der Waals surface area contributed by atoms with E-state index >= 15 is 0 Å². The Hall–Kier alpha value is -1.67. The van der Waals surface area contributed by atoms with E-state index in [1.807, 2.05) is 13.0 Å². The average Bonchev–Trinajstić information content (AvgIpc) is 2.46. The lowest BCUT2D eigenvalue weighted by Crippen LogP contribution is -2.18. The highest BCUT2D eigenvalue weighted by molar-refractivity contribution is 5.33. The van der Waals surface area contributed by atoms with E-state index in [1.165, 1.54) is 30.4 Å². The summed E-state index contributed by atoms with van der Waals surface area (Å²) in [5.41, 5.74) is 11.1. The number of nitrogens with two attached hydrogens (primary N) is 1. The van der Waals surface area contributed by atoms with E-state index < -0.39 is 0 Å². The smallest absolute Gasteiger partial charge is 0.123 e. The summed E-state index contributed by atoms with van der Waals surface area (Å²) >= 11 is 0. The maximum atomic E-state index is 13.6. The van der Waals surface area contributed by atoms with Gasteiger partial charge in [0.15, 0.2) is 0 Å². The first-order chi connectivity index (χ1) is 10.1. The van der Waals surface area contributed by atoms with Crippen molar-refractivity contribution in [3.63, 3.8) is 0 Å². The molecule has 2 unspecified atom stereocenters. The molecule has 21 heavy (non-hydrogen) atoms. The summed E-state index contributed by atoms with van der Waals surface area (Å²) in [6.45, 7) is 1.91. The molecule has 2 N–H and O–H groups in total. The van der Waals surface area contributed by atoms with Gasteiger partial charge in [-0.3, -0.25) is 0 Å². The van der Waals surface area contributed by atoms with E-state index in [4.69, 9.17) is 5.73 Å². The van der Waals surface area contributed by atoms with Gasteiger partial charge in [-0.25, -0.2) is 4.39 Å². The van der Waals surface area contributed by atoms with Crippen molar-refractivity contribution in [2.75, 3.05) is 0 Å². The SMILES string of the molecule is Cc1cc(F)cc(C(N)CC2CCCc3ccccc32)c1. The first-order valence-electron chi connectivity index (χ1n) is 7.74. The lowest BCUT2D eigenvalue weighted by atomic mass is 9.79. The molecule has 3 rings (SSSR count). The van der Waals surface area contributed by atoms with Crippen molar-refractivity contribution in [3.8, 4) is 0 Å². The molecule has 0 radical (unpaired) electrons. The maximum Gasteiger partial charge on any atom is 0.123 e. The molecule has 1 nitrogen and oxygen atoms in total. The van der Waals surface area contributed by atoms with E-state index in [0.717, 1.165) is 17.5 Å². The predicted octanol–water partition coefficient (Wildman–Crippen LogP) is 4.64. The van der Waals surface area contributed by atoms with Crippen LogP contribution in [0.4, 0.5) is 4.39 Å². The lowest BCUT2D eigenvalue weighted by Gasteiger charge is -2.28. The molecule has 2 heteroatoms. The van der Waals surface area contributed by atoms with Crippen molar-refractivity contribution in [3.05, 3.63) is 70.5 Å². The fourth-order valence-corrected chi connectivity index (χ4v) is 3.52. The Labute approximate surface area is 126 Å². The molecule has 0 fully saturated rings. The summed E-state index contributed by atoms with van der Waals surface area (Å²) in [5, 5.41) is 0. The van der Waals surface area contributed by atoms with Gasteiger partial charge in [0.05, 0.1) is 0 Å². The van der Waals surface area contributed by atoms with Gasteiger partial charge in [0.25, 0.3) is 0 Å². The zero-order valence-corrected chi connectivity index (χ0v) is 12.5. The number of hydrogen-bond acceptors (Lipinski definition) is 1. The molecule has 0 bridgehead atoms. The van der Waals surface area contributed by atoms with Crippen LogP contribution in [0.15, 0.2) is 42.5 Å². The fraction of sp³-hybridized carbons (Fsp3) is 0.368. The van der Waals surface area contributed by atoms with Gasteiger partial charge in [0.1, 0.15) is 5.82 Å². The third kappa shape index (κ3) is 3.16. The standard InChI is InChI=1S/C19H22FN/c1-13-9-16(11-17(20)10-13)19(21)12-15-7-4-6-14-5-2-3-8-18(14)15/h2-3,5,8-11,15,19H,4,6-7,12,21H2,1H3. The number of hydrogen-bond donors (Lipinski definition) is 1. The molecule has 2 aromatic carbocycles. The van der Waals surface area contributed by atoms with E-state index in [2.05, 4.69) is 24.3 Å². The van der Waals surface area contributed by atoms with Crippen molar-refractivity contribution in [2.45, 2.75) is 44.6 Å². The second kappa shape index (κ2) is 5.98. The predicted molar refractivity (Wildman–Crippen MR) is 84.8 cm³/mol. The molecule has 0 spiro atoms. The van der Waals surface area contributed by atoms with Crippen LogP contribution in [0.1, 0.15) is 53.5 Å². The molecular weight excluding hydrogens is 261 g/mol. The summed E-state index contributed by atoms with van der Waals surface area (Å²) in [5.74, 6) is 0.304. The zero-order valence-electron chi connectivity index (χ0n) is 12.5. The Morgan fingerprint density at radius 2 is 2.05 bits per heavy atom. The highest BCUT2D eigenvalue weighted by Gasteiger charge is 2.22. The molecule has 2 atom stereocenters.